The van der Waals surface area contributed by atoms with Crippen LogP contribution < -0.4 is 5.32 Å². The molecule has 0 radical (unpaired) electrons. The fourth-order valence-electron chi connectivity index (χ4n) is 1.97. The number of benzene rings is 2. The largest absolute Gasteiger partial charge is 0.416 e. The van der Waals surface area contributed by atoms with E-state index in [-0.39, 0.29) is 12.2 Å². The molecule has 23 heavy (non-hydrogen) atoms. The minimum atomic E-state index is -4.45. The van der Waals surface area contributed by atoms with Crippen molar-refractivity contribution < 1.29 is 18.0 Å². The van der Waals surface area contributed by atoms with Gasteiger partial charge in [-0.05, 0) is 35.9 Å². The highest BCUT2D eigenvalue weighted by Crippen LogP contribution is 2.30. The van der Waals surface area contributed by atoms with E-state index in [1.807, 2.05) is 0 Å². The maximum Gasteiger partial charge on any atom is 0.416 e. The van der Waals surface area contributed by atoms with Crippen LogP contribution in [-0.4, -0.2) is 18.0 Å². The molecule has 7 heteroatoms. The van der Waals surface area contributed by atoms with Crippen LogP contribution in [0.5, 0.6) is 0 Å². The third-order valence-corrected chi connectivity index (χ3v) is 3.33. The topological polar surface area (TPSA) is 32.3 Å². The summed E-state index contributed by atoms with van der Waals surface area (Å²) in [5.74, 6) is 0. The van der Waals surface area contributed by atoms with Crippen LogP contribution in [0.15, 0.2) is 48.5 Å². The number of carbonyl (C=O) groups excluding carboxylic acids is 1. The van der Waals surface area contributed by atoms with Crippen molar-refractivity contribution in [1.82, 2.24) is 4.90 Å². The number of rotatable bonds is 3. The summed E-state index contributed by atoms with van der Waals surface area (Å²) in [6.07, 6.45) is -4.45. The highest BCUT2D eigenvalue weighted by atomic mass is 35.5. The van der Waals surface area contributed by atoms with Crippen molar-refractivity contribution in [2.24, 2.45) is 0 Å². The third-order valence-electron chi connectivity index (χ3n) is 3.10. The molecular formula is C16H14ClF3N2O. The van der Waals surface area contributed by atoms with Crippen molar-refractivity contribution in [2.45, 2.75) is 12.7 Å². The summed E-state index contributed by atoms with van der Waals surface area (Å²) in [5, 5.41) is 2.99. The summed E-state index contributed by atoms with van der Waals surface area (Å²) < 4.78 is 38.0. The van der Waals surface area contributed by atoms with Crippen LogP contribution in [0.1, 0.15) is 11.1 Å². The number of hydrogen-bond acceptors (Lipinski definition) is 1. The molecule has 0 heterocycles. The second kappa shape index (κ2) is 6.91. The van der Waals surface area contributed by atoms with Gasteiger partial charge in [-0.15, -0.1) is 0 Å². The van der Waals surface area contributed by atoms with Crippen molar-refractivity contribution in [3.63, 3.8) is 0 Å². The standard InChI is InChI=1S/C16H14ClF3N2O/c1-22(10-11-4-2-6-13(17)8-11)15(23)21-14-7-3-5-12(9-14)16(18,19)20/h2-9H,10H2,1H3,(H,21,23). The summed E-state index contributed by atoms with van der Waals surface area (Å²) in [6, 6.07) is 11.0. The summed E-state index contributed by atoms with van der Waals surface area (Å²) in [7, 11) is 1.55. The molecule has 0 saturated carbocycles. The first-order chi connectivity index (χ1) is 10.8. The molecule has 2 aromatic rings. The number of nitrogens with zero attached hydrogens (tertiary/aromatic N) is 1. The van der Waals surface area contributed by atoms with Gasteiger partial charge in [0.25, 0.3) is 0 Å². The number of carbonyl (C=O) groups is 1. The van der Waals surface area contributed by atoms with E-state index in [2.05, 4.69) is 5.32 Å². The second-order valence-electron chi connectivity index (χ2n) is 4.99. The smallest absolute Gasteiger partial charge is 0.323 e. The number of anilines is 1. The van der Waals surface area contributed by atoms with E-state index in [4.69, 9.17) is 11.6 Å². The Morgan fingerprint density at radius 2 is 1.87 bits per heavy atom. The normalized spacial score (nSPS) is 11.2. The monoisotopic (exact) mass is 342 g/mol. The zero-order valence-electron chi connectivity index (χ0n) is 12.2. The predicted molar refractivity (Wildman–Crippen MR) is 83.4 cm³/mol. The SMILES string of the molecule is CN(Cc1cccc(Cl)c1)C(=O)Nc1cccc(C(F)(F)F)c1. The number of urea groups is 1. The zero-order chi connectivity index (χ0) is 17.0. The lowest BCUT2D eigenvalue weighted by atomic mass is 10.2. The van der Waals surface area contributed by atoms with Crippen LogP contribution in [-0.2, 0) is 12.7 Å². The number of amides is 2. The lowest BCUT2D eigenvalue weighted by Gasteiger charge is -2.18. The molecule has 2 aromatic carbocycles. The summed E-state index contributed by atoms with van der Waals surface area (Å²) in [4.78, 5) is 13.4. The van der Waals surface area contributed by atoms with Gasteiger partial charge >= 0.3 is 12.2 Å². The molecule has 0 fully saturated rings. The predicted octanol–water partition coefficient (Wildman–Crippen LogP) is 5.02. The Balaban J connectivity index is 2.04. The van der Waals surface area contributed by atoms with Crippen LogP contribution in [0.3, 0.4) is 0 Å². The number of hydrogen-bond donors (Lipinski definition) is 1. The maximum absolute atomic E-state index is 12.7. The van der Waals surface area contributed by atoms with Crippen molar-refractivity contribution >= 4 is 23.3 Å². The van der Waals surface area contributed by atoms with Gasteiger partial charge in [0.2, 0.25) is 0 Å². The average molecular weight is 343 g/mol. The van der Waals surface area contributed by atoms with Gasteiger partial charge < -0.3 is 10.2 Å². The number of alkyl halides is 3. The fraction of sp³-hybridized carbons (Fsp3) is 0.188. The summed E-state index contributed by atoms with van der Waals surface area (Å²) >= 11 is 5.87. The van der Waals surface area contributed by atoms with E-state index >= 15 is 0 Å². The van der Waals surface area contributed by atoms with Crippen LogP contribution in [0, 0.1) is 0 Å². The molecular weight excluding hydrogens is 329 g/mol. The van der Waals surface area contributed by atoms with Gasteiger partial charge in [0.05, 0.1) is 5.56 Å². The molecule has 1 N–H and O–H groups in total. The summed E-state index contributed by atoms with van der Waals surface area (Å²) in [5.41, 5.74) is 0.0924. The van der Waals surface area contributed by atoms with Crippen LogP contribution in [0.25, 0.3) is 0 Å². The van der Waals surface area contributed by atoms with Crippen molar-refractivity contribution in [3.05, 3.63) is 64.7 Å². The molecule has 0 aliphatic heterocycles. The highest BCUT2D eigenvalue weighted by Gasteiger charge is 2.30. The van der Waals surface area contributed by atoms with Gasteiger partial charge in [-0.25, -0.2) is 4.79 Å². The molecule has 122 valence electrons. The molecule has 0 atom stereocenters. The second-order valence-corrected chi connectivity index (χ2v) is 5.43. The van der Waals surface area contributed by atoms with E-state index in [0.29, 0.717) is 5.02 Å². The minimum absolute atomic E-state index is 0.0859. The molecule has 3 nitrogen and oxygen atoms in total. The Morgan fingerprint density at radius 3 is 2.52 bits per heavy atom. The quantitative estimate of drug-likeness (QED) is 0.834. The van der Waals surface area contributed by atoms with Gasteiger partial charge in [-0.3, -0.25) is 0 Å². The Kier molecular flexibility index (Phi) is 5.15. The van der Waals surface area contributed by atoms with Crippen molar-refractivity contribution in [3.8, 4) is 0 Å². The van der Waals surface area contributed by atoms with Gasteiger partial charge in [0, 0.05) is 24.3 Å². The Hall–Kier alpha value is -2.21. The van der Waals surface area contributed by atoms with Crippen LogP contribution in [0.2, 0.25) is 5.02 Å². The fourth-order valence-corrected chi connectivity index (χ4v) is 2.19. The van der Waals surface area contributed by atoms with E-state index < -0.39 is 17.8 Å². The van der Waals surface area contributed by atoms with Gasteiger partial charge in [-0.1, -0.05) is 29.8 Å². The molecule has 0 aliphatic rings. The molecule has 2 amide bonds. The van der Waals surface area contributed by atoms with Gasteiger partial charge in [-0.2, -0.15) is 13.2 Å². The third kappa shape index (κ3) is 4.89. The molecule has 0 saturated heterocycles. The Bertz CT molecular complexity index is 704. The first kappa shape index (κ1) is 17.1. The van der Waals surface area contributed by atoms with Crippen molar-refractivity contribution in [2.75, 3.05) is 12.4 Å². The number of nitrogens with one attached hydrogen (secondary N) is 1. The first-order valence-electron chi connectivity index (χ1n) is 6.69. The maximum atomic E-state index is 12.7. The van der Waals surface area contributed by atoms with Crippen LogP contribution in [0.4, 0.5) is 23.7 Å². The first-order valence-corrected chi connectivity index (χ1v) is 7.07. The Labute approximate surface area is 136 Å². The van der Waals surface area contributed by atoms with E-state index in [1.165, 1.54) is 17.0 Å². The van der Waals surface area contributed by atoms with Crippen molar-refractivity contribution in [1.29, 1.82) is 0 Å². The molecule has 0 aromatic heterocycles. The van der Waals surface area contributed by atoms with Gasteiger partial charge in [0.15, 0.2) is 0 Å². The lowest BCUT2D eigenvalue weighted by Crippen LogP contribution is -2.30. The molecule has 0 spiro atoms. The van der Waals surface area contributed by atoms with E-state index in [9.17, 15) is 18.0 Å². The molecule has 0 aliphatic carbocycles. The lowest BCUT2D eigenvalue weighted by molar-refractivity contribution is -0.137. The van der Waals surface area contributed by atoms with E-state index in [1.54, 1.807) is 31.3 Å². The minimum Gasteiger partial charge on any atom is -0.323 e. The molecule has 2 rings (SSSR count). The Morgan fingerprint density at radius 1 is 1.17 bits per heavy atom. The number of halogens is 4. The molecule has 0 bridgehead atoms. The zero-order valence-corrected chi connectivity index (χ0v) is 12.9. The average Bonchev–Trinajstić information content (AvgIpc) is 2.46. The van der Waals surface area contributed by atoms with Gasteiger partial charge in [0.1, 0.15) is 0 Å². The highest BCUT2D eigenvalue weighted by molar-refractivity contribution is 6.30. The molecule has 0 unspecified atom stereocenters. The van der Waals surface area contributed by atoms with Crippen LogP contribution >= 0.6 is 11.6 Å². The summed E-state index contributed by atoms with van der Waals surface area (Å²) in [6.45, 7) is 0.283. The van der Waals surface area contributed by atoms with E-state index in [0.717, 1.165) is 17.7 Å².